The van der Waals surface area contributed by atoms with Gasteiger partial charge in [0.05, 0.1) is 11.5 Å². The van der Waals surface area contributed by atoms with Gasteiger partial charge < -0.3 is 9.64 Å². The number of Topliss-reactive ketones (excluding diaryl/α,β-unsaturated/α-hetero) is 1. The minimum absolute atomic E-state index is 0.0620. The molecule has 0 unspecified atom stereocenters. The van der Waals surface area contributed by atoms with E-state index in [1.54, 1.807) is 20.8 Å². The third kappa shape index (κ3) is 3.72. The average molecular weight is 325 g/mol. The van der Waals surface area contributed by atoms with Gasteiger partial charge in [0.15, 0.2) is 12.1 Å². The number of hydrogen-bond acceptors (Lipinski definition) is 4. The first-order valence-corrected chi connectivity index (χ1v) is 7.08. The van der Waals surface area contributed by atoms with Crippen molar-refractivity contribution in [2.75, 3.05) is 13.1 Å². The molecule has 0 radical (unpaired) electrons. The molecule has 0 atom stereocenters. The number of hydrogen-bond donors (Lipinski definition) is 0. The van der Waals surface area contributed by atoms with Crippen molar-refractivity contribution in [1.29, 1.82) is 0 Å². The monoisotopic (exact) mass is 325 g/mol. The van der Waals surface area contributed by atoms with Crippen LogP contribution in [0.2, 0.25) is 0 Å². The fourth-order valence-corrected chi connectivity index (χ4v) is 2.19. The molecule has 1 aliphatic heterocycles. The molecule has 1 aromatic rings. The maximum Gasteiger partial charge on any atom is 0.410 e. The Balaban J connectivity index is 2.02. The Kier molecular flexibility index (Phi) is 4.49. The number of likely N-dealkylation sites (tertiary alicyclic amines) is 1. The quantitative estimate of drug-likeness (QED) is 0.633. The fourth-order valence-electron chi connectivity index (χ4n) is 2.19. The fraction of sp³-hybridized carbons (Fsp3) is 0.438. The maximum absolute atomic E-state index is 13.5. The molecule has 0 aliphatic carbocycles. The van der Waals surface area contributed by atoms with Crippen LogP contribution in [0.15, 0.2) is 12.1 Å². The number of nitrogens with zero attached hydrogens (tertiary/aromatic N) is 1. The molecule has 5 nitrogen and oxygen atoms in total. The van der Waals surface area contributed by atoms with E-state index in [0.29, 0.717) is 0 Å². The van der Waals surface area contributed by atoms with Crippen LogP contribution in [-0.4, -0.2) is 41.8 Å². The van der Waals surface area contributed by atoms with Crippen molar-refractivity contribution in [2.45, 2.75) is 26.4 Å². The summed E-state index contributed by atoms with van der Waals surface area (Å²) >= 11 is 0. The smallest absolute Gasteiger partial charge is 0.410 e. The van der Waals surface area contributed by atoms with Gasteiger partial charge in [0.2, 0.25) is 0 Å². The highest BCUT2D eigenvalue weighted by Crippen LogP contribution is 2.24. The van der Waals surface area contributed by atoms with Gasteiger partial charge in [-0.15, -0.1) is 0 Å². The molecule has 1 fully saturated rings. The number of halogens is 2. The Hall–Kier alpha value is -2.31. The largest absolute Gasteiger partial charge is 0.444 e. The number of amides is 1. The lowest BCUT2D eigenvalue weighted by atomic mass is 9.90. The van der Waals surface area contributed by atoms with Crippen molar-refractivity contribution >= 4 is 18.2 Å². The zero-order valence-corrected chi connectivity index (χ0v) is 13.1. The van der Waals surface area contributed by atoms with Gasteiger partial charge in [-0.1, -0.05) is 0 Å². The molecule has 1 aliphatic rings. The minimum atomic E-state index is -1.08. The number of aldehydes is 1. The summed E-state index contributed by atoms with van der Waals surface area (Å²) in [6, 6.07) is 1.68. The standard InChI is InChI=1S/C16H17F2NO4/c1-16(2,3)23-15(22)19-6-10(7-19)14(21)9-4-12(17)11(8-20)13(18)5-9/h4-5,8,10H,6-7H2,1-3H3. The molecule has 1 aromatic carbocycles. The molecule has 7 heteroatoms. The lowest BCUT2D eigenvalue weighted by Gasteiger charge is -2.38. The predicted octanol–water partition coefficient (Wildman–Crippen LogP) is 2.83. The minimum Gasteiger partial charge on any atom is -0.444 e. The van der Waals surface area contributed by atoms with Crippen molar-refractivity contribution in [3.63, 3.8) is 0 Å². The normalized spacial score (nSPS) is 15.1. The zero-order chi connectivity index (χ0) is 17.4. The van der Waals surface area contributed by atoms with Crippen LogP contribution < -0.4 is 0 Å². The number of carbonyl (C=O) groups is 3. The Morgan fingerprint density at radius 3 is 2.17 bits per heavy atom. The van der Waals surface area contributed by atoms with E-state index in [2.05, 4.69) is 0 Å². The molecule has 0 bridgehead atoms. The molecular weight excluding hydrogens is 308 g/mol. The average Bonchev–Trinajstić information content (AvgIpc) is 2.34. The molecule has 0 aromatic heterocycles. The summed E-state index contributed by atoms with van der Waals surface area (Å²) in [6.07, 6.45) is -0.470. The van der Waals surface area contributed by atoms with Gasteiger partial charge in [-0.2, -0.15) is 0 Å². The van der Waals surface area contributed by atoms with E-state index in [1.807, 2.05) is 0 Å². The predicted molar refractivity (Wildman–Crippen MR) is 77.4 cm³/mol. The van der Waals surface area contributed by atoms with Crippen LogP contribution in [-0.2, 0) is 4.74 Å². The third-order valence-electron chi connectivity index (χ3n) is 3.39. The number of rotatable bonds is 3. The topological polar surface area (TPSA) is 63.7 Å². The van der Waals surface area contributed by atoms with Gasteiger partial charge in [-0.3, -0.25) is 9.59 Å². The Bertz CT molecular complexity index is 638. The highest BCUT2D eigenvalue weighted by atomic mass is 19.1. The first kappa shape index (κ1) is 17.1. The molecular formula is C16H17F2NO4. The number of ether oxygens (including phenoxy) is 1. The summed E-state index contributed by atoms with van der Waals surface area (Å²) in [7, 11) is 0. The first-order chi connectivity index (χ1) is 10.6. The van der Waals surface area contributed by atoms with Gasteiger partial charge >= 0.3 is 6.09 Å². The third-order valence-corrected chi connectivity index (χ3v) is 3.39. The molecule has 2 rings (SSSR count). The Morgan fingerprint density at radius 2 is 1.74 bits per heavy atom. The van der Waals surface area contributed by atoms with Crippen LogP contribution in [0, 0.1) is 17.6 Å². The van der Waals surface area contributed by atoms with Crippen LogP contribution in [0.1, 0.15) is 41.5 Å². The molecule has 0 N–H and O–H groups in total. The van der Waals surface area contributed by atoms with E-state index in [0.717, 1.165) is 12.1 Å². The molecule has 1 heterocycles. The van der Waals surface area contributed by atoms with E-state index in [4.69, 9.17) is 4.74 Å². The summed E-state index contributed by atoms with van der Waals surface area (Å²) in [4.78, 5) is 35.8. The van der Waals surface area contributed by atoms with Crippen LogP contribution in [0.4, 0.5) is 13.6 Å². The van der Waals surface area contributed by atoms with Crippen molar-refractivity contribution in [3.8, 4) is 0 Å². The highest BCUT2D eigenvalue weighted by Gasteiger charge is 2.38. The van der Waals surface area contributed by atoms with Crippen molar-refractivity contribution in [1.82, 2.24) is 4.90 Å². The van der Waals surface area contributed by atoms with Gasteiger partial charge in [0.1, 0.15) is 17.2 Å². The number of carbonyl (C=O) groups excluding carboxylic acids is 3. The van der Waals surface area contributed by atoms with E-state index < -0.39 is 40.6 Å². The summed E-state index contributed by atoms with van der Waals surface area (Å²) in [5, 5.41) is 0. The highest BCUT2D eigenvalue weighted by molar-refractivity contribution is 5.99. The van der Waals surface area contributed by atoms with Crippen LogP contribution in [0.5, 0.6) is 0 Å². The van der Waals surface area contributed by atoms with E-state index >= 15 is 0 Å². The molecule has 0 spiro atoms. The molecule has 23 heavy (non-hydrogen) atoms. The van der Waals surface area contributed by atoms with Gasteiger partial charge in [-0.25, -0.2) is 13.6 Å². The van der Waals surface area contributed by atoms with Crippen molar-refractivity contribution in [2.24, 2.45) is 5.92 Å². The van der Waals surface area contributed by atoms with Crippen molar-refractivity contribution in [3.05, 3.63) is 34.9 Å². The molecule has 1 saturated heterocycles. The lowest BCUT2D eigenvalue weighted by Crippen LogP contribution is -2.54. The Morgan fingerprint density at radius 1 is 1.22 bits per heavy atom. The van der Waals surface area contributed by atoms with E-state index in [1.165, 1.54) is 4.90 Å². The van der Waals surface area contributed by atoms with Gasteiger partial charge in [0.25, 0.3) is 0 Å². The molecule has 1 amide bonds. The number of benzene rings is 1. The second-order valence-corrected chi connectivity index (χ2v) is 6.42. The van der Waals surface area contributed by atoms with Crippen molar-refractivity contribution < 1.29 is 27.9 Å². The van der Waals surface area contributed by atoms with Gasteiger partial charge in [-0.05, 0) is 32.9 Å². The van der Waals surface area contributed by atoms with Crippen LogP contribution in [0.3, 0.4) is 0 Å². The van der Waals surface area contributed by atoms with Crippen LogP contribution in [0.25, 0.3) is 0 Å². The van der Waals surface area contributed by atoms with Gasteiger partial charge in [0, 0.05) is 18.7 Å². The first-order valence-electron chi connectivity index (χ1n) is 7.08. The lowest BCUT2D eigenvalue weighted by molar-refractivity contribution is 0.00145. The molecule has 124 valence electrons. The summed E-state index contributed by atoms with van der Waals surface area (Å²) in [5.74, 6) is -3.16. The summed E-state index contributed by atoms with van der Waals surface area (Å²) in [5.41, 5.74) is -1.49. The van der Waals surface area contributed by atoms with E-state index in [-0.39, 0.29) is 24.9 Å². The Labute approximate surface area is 132 Å². The maximum atomic E-state index is 13.5. The summed E-state index contributed by atoms with van der Waals surface area (Å²) < 4.78 is 32.2. The molecule has 0 saturated carbocycles. The second kappa shape index (κ2) is 6.06. The summed E-state index contributed by atoms with van der Waals surface area (Å²) in [6.45, 7) is 5.45. The SMILES string of the molecule is CC(C)(C)OC(=O)N1CC(C(=O)c2cc(F)c(C=O)c(F)c2)C1. The van der Waals surface area contributed by atoms with E-state index in [9.17, 15) is 23.2 Å². The zero-order valence-electron chi connectivity index (χ0n) is 13.1. The van der Waals surface area contributed by atoms with Crippen LogP contribution >= 0.6 is 0 Å². The second-order valence-electron chi connectivity index (χ2n) is 6.42. The number of ketones is 1.